The molecule has 0 aliphatic heterocycles. The number of ether oxygens (including phenoxy) is 1. The molecule has 0 aromatic carbocycles. The molecule has 2 rings (SSSR count). The van der Waals surface area contributed by atoms with Crippen LogP contribution in [0.1, 0.15) is 37.8 Å². The van der Waals surface area contributed by atoms with Gasteiger partial charge in [-0.05, 0) is 13.8 Å². The van der Waals surface area contributed by atoms with E-state index in [0.717, 1.165) is 17.0 Å². The summed E-state index contributed by atoms with van der Waals surface area (Å²) in [6.07, 6.45) is 0. The maximum Gasteiger partial charge on any atom is 0.367 e. The van der Waals surface area contributed by atoms with Gasteiger partial charge in [0, 0.05) is 11.1 Å². The Morgan fingerprint density at radius 2 is 2.19 bits per heavy atom. The monoisotopic (exact) mass is 344 g/mol. The van der Waals surface area contributed by atoms with Crippen molar-refractivity contribution < 1.29 is 19.4 Å². The molecule has 0 aliphatic rings. The van der Waals surface area contributed by atoms with E-state index < -0.39 is 11.9 Å². The molecule has 0 aliphatic carbocycles. The van der Waals surface area contributed by atoms with Crippen LogP contribution in [0.15, 0.2) is 9.72 Å². The molecule has 112 valence electrons. The summed E-state index contributed by atoms with van der Waals surface area (Å²) in [6.45, 7) is 3.73. The van der Waals surface area contributed by atoms with E-state index in [4.69, 9.17) is 9.84 Å². The molecule has 2 heterocycles. The Kier molecular flexibility index (Phi) is 5.32. The van der Waals surface area contributed by atoms with E-state index >= 15 is 0 Å². The third-order valence-electron chi connectivity index (χ3n) is 2.32. The van der Waals surface area contributed by atoms with Gasteiger partial charge in [0.2, 0.25) is 5.01 Å². The lowest BCUT2D eigenvalue weighted by molar-refractivity contribution is 0.0525. The lowest BCUT2D eigenvalue weighted by atomic mass is 10.4. The first-order valence-corrected chi connectivity index (χ1v) is 8.64. The molecule has 2 aromatic rings. The number of hydrogen-bond acceptors (Lipinski definition) is 8. The van der Waals surface area contributed by atoms with Gasteiger partial charge in [-0.2, -0.15) is 0 Å². The Balaban J connectivity index is 1.99. The highest BCUT2D eigenvalue weighted by Crippen LogP contribution is 2.30. The predicted octanol–water partition coefficient (Wildman–Crippen LogP) is 3.08. The molecular weight excluding hydrogens is 332 g/mol. The molecule has 2 aromatic heterocycles. The Morgan fingerprint density at radius 3 is 2.81 bits per heavy atom. The predicted molar refractivity (Wildman–Crippen MR) is 81.4 cm³/mol. The number of aromatic carboxylic acids is 1. The van der Waals surface area contributed by atoms with Crippen molar-refractivity contribution >= 4 is 46.4 Å². The second-order valence-electron chi connectivity index (χ2n) is 3.85. The SMILES string of the molecule is CCOC(=O)c1nc(CSc2nc(C)c(C(=O)O)s2)cs1. The van der Waals surface area contributed by atoms with Gasteiger partial charge in [-0.1, -0.05) is 11.8 Å². The third kappa shape index (κ3) is 4.02. The summed E-state index contributed by atoms with van der Waals surface area (Å²) in [5.74, 6) is -0.853. The molecule has 0 bridgehead atoms. The molecule has 0 radical (unpaired) electrons. The molecule has 6 nitrogen and oxygen atoms in total. The van der Waals surface area contributed by atoms with E-state index in [1.54, 1.807) is 19.2 Å². The van der Waals surface area contributed by atoms with Crippen molar-refractivity contribution in [2.24, 2.45) is 0 Å². The second kappa shape index (κ2) is 7.01. The van der Waals surface area contributed by atoms with Gasteiger partial charge in [0.15, 0.2) is 4.34 Å². The van der Waals surface area contributed by atoms with Crippen molar-refractivity contribution in [2.45, 2.75) is 23.9 Å². The zero-order chi connectivity index (χ0) is 15.4. The number of esters is 1. The molecule has 0 atom stereocenters. The number of hydrogen-bond donors (Lipinski definition) is 1. The van der Waals surface area contributed by atoms with Crippen LogP contribution in [0.2, 0.25) is 0 Å². The van der Waals surface area contributed by atoms with Crippen LogP contribution in [0.4, 0.5) is 0 Å². The minimum absolute atomic E-state index is 0.253. The summed E-state index contributed by atoms with van der Waals surface area (Å²) in [7, 11) is 0. The van der Waals surface area contributed by atoms with Gasteiger partial charge in [-0.25, -0.2) is 19.6 Å². The van der Waals surface area contributed by atoms with Crippen molar-refractivity contribution in [3.63, 3.8) is 0 Å². The van der Waals surface area contributed by atoms with Crippen molar-refractivity contribution in [2.75, 3.05) is 6.61 Å². The molecule has 0 amide bonds. The van der Waals surface area contributed by atoms with E-state index in [-0.39, 0.29) is 4.88 Å². The van der Waals surface area contributed by atoms with E-state index in [1.807, 2.05) is 0 Å². The van der Waals surface area contributed by atoms with Crippen LogP contribution < -0.4 is 0 Å². The average molecular weight is 344 g/mol. The molecule has 0 fully saturated rings. The van der Waals surface area contributed by atoms with E-state index in [2.05, 4.69) is 9.97 Å². The highest BCUT2D eigenvalue weighted by molar-refractivity contribution is 8.00. The number of aromatic nitrogens is 2. The molecule has 1 N–H and O–H groups in total. The number of carboxylic acid groups (broad SMARTS) is 1. The Hall–Kier alpha value is -1.45. The van der Waals surface area contributed by atoms with Crippen LogP contribution in [0.25, 0.3) is 0 Å². The molecule has 21 heavy (non-hydrogen) atoms. The van der Waals surface area contributed by atoms with Gasteiger partial charge >= 0.3 is 11.9 Å². The van der Waals surface area contributed by atoms with Gasteiger partial charge in [0.1, 0.15) is 4.88 Å². The van der Waals surface area contributed by atoms with Crippen LogP contribution >= 0.6 is 34.4 Å². The standard InChI is InChI=1S/C12H12N2O4S3/c1-3-18-11(17)9-14-7(4-19-9)5-20-12-13-6(2)8(21-12)10(15)16/h4H,3,5H2,1-2H3,(H,15,16). The highest BCUT2D eigenvalue weighted by atomic mass is 32.2. The third-order valence-corrected chi connectivity index (χ3v) is 5.51. The minimum Gasteiger partial charge on any atom is -0.477 e. The fraction of sp³-hybridized carbons (Fsp3) is 0.333. The first-order valence-electron chi connectivity index (χ1n) is 5.96. The lowest BCUT2D eigenvalue weighted by Crippen LogP contribution is -2.03. The number of carboxylic acids is 1. The van der Waals surface area contributed by atoms with Crippen LogP contribution in [0, 0.1) is 6.92 Å². The van der Waals surface area contributed by atoms with Crippen molar-refractivity contribution in [3.05, 3.63) is 26.7 Å². The van der Waals surface area contributed by atoms with Crippen LogP contribution in [0.3, 0.4) is 0 Å². The van der Waals surface area contributed by atoms with Crippen LogP contribution in [-0.4, -0.2) is 33.6 Å². The van der Waals surface area contributed by atoms with E-state index in [1.165, 1.54) is 23.1 Å². The number of thioether (sulfide) groups is 1. The zero-order valence-electron chi connectivity index (χ0n) is 11.3. The topological polar surface area (TPSA) is 89.4 Å². The largest absolute Gasteiger partial charge is 0.477 e. The summed E-state index contributed by atoms with van der Waals surface area (Å²) in [5, 5.41) is 11.1. The Morgan fingerprint density at radius 1 is 1.43 bits per heavy atom. The van der Waals surface area contributed by atoms with Gasteiger partial charge in [0.05, 0.1) is 18.0 Å². The first-order chi connectivity index (χ1) is 10.0. The molecule has 9 heteroatoms. The van der Waals surface area contributed by atoms with Gasteiger partial charge in [-0.15, -0.1) is 22.7 Å². The lowest BCUT2D eigenvalue weighted by Gasteiger charge is -1.96. The normalized spacial score (nSPS) is 10.6. The highest BCUT2D eigenvalue weighted by Gasteiger charge is 2.16. The first kappa shape index (κ1) is 15.9. The Labute approximate surface area is 133 Å². The quantitative estimate of drug-likeness (QED) is 0.636. The van der Waals surface area contributed by atoms with E-state index in [0.29, 0.717) is 27.4 Å². The second-order valence-corrected chi connectivity index (χ2v) is 6.93. The molecule has 0 saturated heterocycles. The Bertz CT molecular complexity index is 665. The molecule has 0 unspecified atom stereocenters. The maximum absolute atomic E-state index is 11.5. The molecule has 0 saturated carbocycles. The fourth-order valence-corrected chi connectivity index (χ4v) is 4.16. The zero-order valence-corrected chi connectivity index (χ0v) is 13.7. The number of aryl methyl sites for hydroxylation is 1. The average Bonchev–Trinajstić information content (AvgIpc) is 3.03. The van der Waals surface area contributed by atoms with Gasteiger partial charge in [-0.3, -0.25) is 0 Å². The molecular formula is C12H12N2O4S3. The van der Waals surface area contributed by atoms with Crippen LogP contribution in [-0.2, 0) is 10.5 Å². The summed E-state index contributed by atoms with van der Waals surface area (Å²) in [6, 6.07) is 0. The fourth-order valence-electron chi connectivity index (χ4n) is 1.43. The number of rotatable bonds is 6. The summed E-state index contributed by atoms with van der Waals surface area (Å²) in [5.41, 5.74) is 1.26. The molecule has 0 spiro atoms. The van der Waals surface area contributed by atoms with Crippen molar-refractivity contribution in [1.82, 2.24) is 9.97 Å². The minimum atomic E-state index is -0.963. The summed E-state index contributed by atoms with van der Waals surface area (Å²) >= 11 is 3.78. The number of carbonyl (C=O) groups excluding carboxylic acids is 1. The number of carbonyl (C=O) groups is 2. The summed E-state index contributed by atoms with van der Waals surface area (Å²) < 4.78 is 5.55. The van der Waals surface area contributed by atoms with Crippen molar-refractivity contribution in [3.8, 4) is 0 Å². The number of thiazole rings is 2. The maximum atomic E-state index is 11.5. The van der Waals surface area contributed by atoms with E-state index in [9.17, 15) is 9.59 Å². The van der Waals surface area contributed by atoms with Gasteiger partial charge in [0.25, 0.3) is 0 Å². The van der Waals surface area contributed by atoms with Gasteiger partial charge < -0.3 is 9.84 Å². The number of nitrogens with zero attached hydrogens (tertiary/aromatic N) is 2. The summed E-state index contributed by atoms with van der Waals surface area (Å²) in [4.78, 5) is 31.1. The smallest absolute Gasteiger partial charge is 0.367 e. The van der Waals surface area contributed by atoms with Crippen LogP contribution in [0.5, 0.6) is 0 Å². The van der Waals surface area contributed by atoms with Crippen molar-refractivity contribution in [1.29, 1.82) is 0 Å².